The van der Waals surface area contributed by atoms with Gasteiger partial charge in [-0.2, -0.15) is 13.2 Å². The predicted octanol–water partition coefficient (Wildman–Crippen LogP) is 9.47. The van der Waals surface area contributed by atoms with Crippen LogP contribution in [0.4, 0.5) is 24.5 Å². The first-order valence-electron chi connectivity index (χ1n) is 15.5. The van der Waals surface area contributed by atoms with E-state index in [-0.39, 0.29) is 16.4 Å². The van der Waals surface area contributed by atoms with Crippen molar-refractivity contribution in [3.8, 4) is 5.75 Å². The van der Waals surface area contributed by atoms with Crippen molar-refractivity contribution in [3.63, 3.8) is 0 Å². The highest BCUT2D eigenvalue weighted by molar-refractivity contribution is 8.00. The third-order valence-corrected chi connectivity index (χ3v) is 8.72. The molecule has 0 fully saturated rings. The van der Waals surface area contributed by atoms with E-state index in [2.05, 4.69) is 16.0 Å². The Morgan fingerprint density at radius 3 is 2.20 bits per heavy atom. The Balaban J connectivity index is 1.28. The summed E-state index contributed by atoms with van der Waals surface area (Å²) < 4.78 is 45.4. The molecule has 0 aliphatic rings. The fraction of sp³-hybridized carbons (Fsp3) is 0.103. The minimum atomic E-state index is -4.60. The Morgan fingerprint density at radius 2 is 1.51 bits per heavy atom. The average Bonchev–Trinajstić information content (AvgIpc) is 3.12. The molecule has 0 saturated heterocycles. The van der Waals surface area contributed by atoms with Crippen molar-refractivity contribution in [1.82, 2.24) is 5.32 Å². The van der Waals surface area contributed by atoms with Gasteiger partial charge < -0.3 is 20.7 Å². The molecule has 12 heteroatoms. The lowest BCUT2D eigenvalue weighted by Crippen LogP contribution is -2.30. The molecule has 5 rings (SSSR count). The number of benzene rings is 5. The number of carbonyl (C=O) groups is 3. The summed E-state index contributed by atoms with van der Waals surface area (Å²) in [7, 11) is 0. The lowest BCUT2D eigenvalue weighted by Gasteiger charge is -2.15. The molecule has 0 saturated carbocycles. The normalized spacial score (nSPS) is 12.1. The number of ether oxygens (including phenoxy) is 1. The van der Waals surface area contributed by atoms with Crippen LogP contribution in [0.15, 0.2) is 138 Å². The second-order valence-corrected chi connectivity index (χ2v) is 13.0. The lowest BCUT2D eigenvalue weighted by molar-refractivity contribution is -0.137. The van der Waals surface area contributed by atoms with Gasteiger partial charge in [0.05, 0.1) is 21.5 Å². The van der Waals surface area contributed by atoms with E-state index in [0.29, 0.717) is 34.1 Å². The summed E-state index contributed by atoms with van der Waals surface area (Å²) in [6.07, 6.45) is -3.06. The van der Waals surface area contributed by atoms with Gasteiger partial charge in [-0.15, -0.1) is 11.8 Å². The van der Waals surface area contributed by atoms with Crippen LogP contribution in [0.1, 0.15) is 34.0 Å². The van der Waals surface area contributed by atoms with Crippen LogP contribution in [0.2, 0.25) is 5.02 Å². The molecule has 7 nitrogen and oxygen atoms in total. The maximum Gasteiger partial charge on any atom is 0.416 e. The van der Waals surface area contributed by atoms with Gasteiger partial charge >= 0.3 is 6.18 Å². The van der Waals surface area contributed by atoms with Crippen molar-refractivity contribution >= 4 is 58.5 Å². The molecule has 0 spiro atoms. The molecule has 5 aromatic carbocycles. The number of halogens is 4. The van der Waals surface area contributed by atoms with E-state index in [1.807, 2.05) is 30.3 Å². The topological polar surface area (TPSA) is 96.5 Å². The van der Waals surface area contributed by atoms with Gasteiger partial charge in [-0.3, -0.25) is 14.4 Å². The number of thioether (sulfide) groups is 1. The molecule has 1 unspecified atom stereocenters. The van der Waals surface area contributed by atoms with Gasteiger partial charge in [0.2, 0.25) is 5.91 Å². The van der Waals surface area contributed by atoms with E-state index in [1.165, 1.54) is 0 Å². The molecular formula is C39H31ClF3N3O4S. The zero-order chi connectivity index (χ0) is 36.4. The van der Waals surface area contributed by atoms with E-state index >= 15 is 0 Å². The first-order chi connectivity index (χ1) is 24.4. The van der Waals surface area contributed by atoms with Crippen LogP contribution in [-0.4, -0.2) is 23.0 Å². The van der Waals surface area contributed by atoms with Crippen molar-refractivity contribution in [1.29, 1.82) is 0 Å². The number of hydrogen-bond acceptors (Lipinski definition) is 5. The maximum absolute atomic E-state index is 13.6. The van der Waals surface area contributed by atoms with Gasteiger partial charge in [-0.05, 0) is 84.8 Å². The quantitative estimate of drug-likeness (QED) is 0.0879. The highest BCUT2D eigenvalue weighted by Crippen LogP contribution is 2.34. The summed E-state index contributed by atoms with van der Waals surface area (Å²) in [6.45, 7) is 1.98. The third-order valence-electron chi connectivity index (χ3n) is 7.29. The largest absolute Gasteiger partial charge is 0.489 e. The molecule has 3 amide bonds. The molecule has 5 aromatic rings. The minimum absolute atomic E-state index is 0.0226. The number of rotatable bonds is 12. The number of amides is 3. The van der Waals surface area contributed by atoms with E-state index < -0.39 is 34.7 Å². The zero-order valence-corrected chi connectivity index (χ0v) is 28.6. The minimum Gasteiger partial charge on any atom is -0.489 e. The first kappa shape index (κ1) is 36.8. The molecule has 0 radical (unpaired) electrons. The van der Waals surface area contributed by atoms with Crippen LogP contribution in [0.5, 0.6) is 5.75 Å². The summed E-state index contributed by atoms with van der Waals surface area (Å²) in [4.78, 5) is 40.2. The second-order valence-electron chi connectivity index (χ2n) is 11.1. The number of carbonyl (C=O) groups excluding carboxylic acids is 3. The van der Waals surface area contributed by atoms with Crippen LogP contribution < -0.4 is 20.7 Å². The van der Waals surface area contributed by atoms with Gasteiger partial charge in [0.25, 0.3) is 11.8 Å². The zero-order valence-electron chi connectivity index (χ0n) is 27.0. The Bertz CT molecular complexity index is 2030. The summed E-state index contributed by atoms with van der Waals surface area (Å²) in [5.74, 6) is -1.02. The van der Waals surface area contributed by atoms with Gasteiger partial charge in [0.1, 0.15) is 18.1 Å². The summed E-state index contributed by atoms with van der Waals surface area (Å²) in [5.41, 5.74) is 1.27. The smallest absolute Gasteiger partial charge is 0.416 e. The standard InChI is InChI=1S/C39H31ClF3N3O4S/c1-25(36(47)45-34-22-29(39(41,42)43)17-20-33(34)40)51-32-14-8-13-30(23-32)44-38(49)35(46-37(48)28-11-6-3-7-12-28)21-26-15-18-31(19-16-26)50-24-27-9-4-2-5-10-27/h2-23,25H,24H2,1H3,(H,44,49)(H,45,47)(H,46,48)/b35-21+. The number of anilines is 2. The fourth-order valence-electron chi connectivity index (χ4n) is 4.65. The van der Waals surface area contributed by atoms with Gasteiger partial charge in [-0.25, -0.2) is 0 Å². The van der Waals surface area contributed by atoms with E-state index in [4.69, 9.17) is 16.3 Å². The Labute approximate surface area is 301 Å². The number of nitrogens with one attached hydrogen (secondary N) is 3. The highest BCUT2D eigenvalue weighted by atomic mass is 35.5. The SMILES string of the molecule is CC(Sc1cccc(NC(=O)/C(=C\c2ccc(OCc3ccccc3)cc2)NC(=O)c2ccccc2)c1)C(=O)Nc1cc(C(F)(F)F)ccc1Cl. The van der Waals surface area contributed by atoms with Crippen molar-refractivity contribution < 1.29 is 32.3 Å². The molecule has 260 valence electrons. The Kier molecular flexibility index (Phi) is 12.2. The number of hydrogen-bond donors (Lipinski definition) is 3. The average molecular weight is 730 g/mol. The van der Waals surface area contributed by atoms with Crippen LogP contribution in [0.3, 0.4) is 0 Å². The molecule has 0 aliphatic heterocycles. The molecule has 1 atom stereocenters. The monoisotopic (exact) mass is 729 g/mol. The Hall–Kier alpha value is -5.52. The van der Waals surface area contributed by atoms with Crippen molar-refractivity contribution in [2.24, 2.45) is 0 Å². The van der Waals surface area contributed by atoms with Crippen LogP contribution in [0.25, 0.3) is 6.08 Å². The molecular weight excluding hydrogens is 699 g/mol. The summed E-state index contributed by atoms with van der Waals surface area (Å²) in [5, 5.41) is 7.18. The van der Waals surface area contributed by atoms with Crippen molar-refractivity contribution in [3.05, 3.63) is 160 Å². The third kappa shape index (κ3) is 10.7. The van der Waals surface area contributed by atoms with E-state index in [0.717, 1.165) is 35.5 Å². The first-order valence-corrected chi connectivity index (χ1v) is 16.8. The lowest BCUT2D eigenvalue weighted by atomic mass is 10.1. The van der Waals surface area contributed by atoms with Crippen LogP contribution in [-0.2, 0) is 22.4 Å². The second kappa shape index (κ2) is 16.9. The van der Waals surface area contributed by atoms with Crippen LogP contribution >= 0.6 is 23.4 Å². The molecule has 0 aromatic heterocycles. The number of alkyl halides is 3. The van der Waals surface area contributed by atoms with Crippen molar-refractivity contribution in [2.75, 3.05) is 10.6 Å². The van der Waals surface area contributed by atoms with Crippen LogP contribution in [0, 0.1) is 0 Å². The van der Waals surface area contributed by atoms with Gasteiger partial charge in [-0.1, -0.05) is 78.3 Å². The predicted molar refractivity (Wildman–Crippen MR) is 195 cm³/mol. The van der Waals surface area contributed by atoms with E-state index in [9.17, 15) is 27.6 Å². The van der Waals surface area contributed by atoms with Gasteiger partial charge in [0.15, 0.2) is 0 Å². The molecule has 3 N–H and O–H groups in total. The highest BCUT2D eigenvalue weighted by Gasteiger charge is 2.31. The van der Waals surface area contributed by atoms with E-state index in [1.54, 1.807) is 91.9 Å². The van der Waals surface area contributed by atoms with Gasteiger partial charge in [0, 0.05) is 16.1 Å². The Morgan fingerprint density at radius 1 is 0.824 bits per heavy atom. The summed E-state index contributed by atoms with van der Waals surface area (Å²) in [6, 6.07) is 34.6. The molecule has 0 bridgehead atoms. The summed E-state index contributed by atoms with van der Waals surface area (Å²) >= 11 is 7.17. The van der Waals surface area contributed by atoms with Crippen molar-refractivity contribution in [2.45, 2.75) is 29.9 Å². The fourth-order valence-corrected chi connectivity index (χ4v) is 5.74. The molecule has 0 aliphatic carbocycles. The molecule has 0 heterocycles. The maximum atomic E-state index is 13.6. The molecule has 51 heavy (non-hydrogen) atoms.